The summed E-state index contributed by atoms with van der Waals surface area (Å²) in [7, 11) is 0. The van der Waals surface area contributed by atoms with Gasteiger partial charge in [0, 0.05) is 24.7 Å². The Labute approximate surface area is 149 Å². The highest BCUT2D eigenvalue weighted by Gasteiger charge is 2.35. The standard InChI is InChI=1S/C21H26N2O2/c1-21(2)15-23(13-12-19(21)22)20(24)17-8-10-18(11-9-17)25-14-16-6-4-3-5-7-16/h3-11,19H,12-15,22H2,1-2H3. The van der Waals surface area contributed by atoms with Crippen molar-refractivity contribution in [2.75, 3.05) is 13.1 Å². The van der Waals surface area contributed by atoms with Gasteiger partial charge in [-0.25, -0.2) is 0 Å². The van der Waals surface area contributed by atoms with Crippen molar-refractivity contribution < 1.29 is 9.53 Å². The van der Waals surface area contributed by atoms with Gasteiger partial charge in [-0.15, -0.1) is 0 Å². The number of carbonyl (C=O) groups excluding carboxylic acids is 1. The van der Waals surface area contributed by atoms with Crippen LogP contribution in [0.5, 0.6) is 5.75 Å². The molecule has 0 saturated carbocycles. The van der Waals surface area contributed by atoms with Gasteiger partial charge in [0.2, 0.25) is 0 Å². The average molecular weight is 338 g/mol. The summed E-state index contributed by atoms with van der Waals surface area (Å²) >= 11 is 0. The molecular formula is C21H26N2O2. The number of ether oxygens (including phenoxy) is 1. The Morgan fingerprint density at radius 1 is 1.16 bits per heavy atom. The van der Waals surface area contributed by atoms with Crippen LogP contribution in [0.25, 0.3) is 0 Å². The molecule has 25 heavy (non-hydrogen) atoms. The molecule has 2 aromatic rings. The second-order valence-electron chi connectivity index (χ2n) is 7.41. The first kappa shape index (κ1) is 17.5. The number of hydrogen-bond acceptors (Lipinski definition) is 3. The van der Waals surface area contributed by atoms with Crippen molar-refractivity contribution in [1.29, 1.82) is 0 Å². The van der Waals surface area contributed by atoms with Gasteiger partial charge in [0.05, 0.1) is 0 Å². The van der Waals surface area contributed by atoms with Crippen LogP contribution >= 0.6 is 0 Å². The molecule has 2 N–H and O–H groups in total. The summed E-state index contributed by atoms with van der Waals surface area (Å²) in [6, 6.07) is 17.6. The van der Waals surface area contributed by atoms with E-state index < -0.39 is 0 Å². The minimum atomic E-state index is -0.0490. The molecule has 1 aliphatic heterocycles. The molecule has 3 rings (SSSR count). The normalized spacial score (nSPS) is 19.5. The highest BCUT2D eigenvalue weighted by Crippen LogP contribution is 2.28. The number of nitrogens with zero attached hydrogens (tertiary/aromatic N) is 1. The van der Waals surface area contributed by atoms with Crippen molar-refractivity contribution in [3.8, 4) is 5.75 Å². The van der Waals surface area contributed by atoms with Crippen LogP contribution in [-0.4, -0.2) is 29.9 Å². The second-order valence-corrected chi connectivity index (χ2v) is 7.41. The summed E-state index contributed by atoms with van der Waals surface area (Å²) in [5, 5.41) is 0. The first-order chi connectivity index (χ1) is 12.0. The molecule has 0 aliphatic carbocycles. The van der Waals surface area contributed by atoms with Gasteiger partial charge in [-0.1, -0.05) is 44.2 Å². The minimum Gasteiger partial charge on any atom is -0.489 e. The van der Waals surface area contributed by atoms with Gasteiger partial charge in [-0.3, -0.25) is 4.79 Å². The van der Waals surface area contributed by atoms with E-state index in [0.717, 1.165) is 24.3 Å². The fourth-order valence-corrected chi connectivity index (χ4v) is 3.16. The fraction of sp³-hybridized carbons (Fsp3) is 0.381. The highest BCUT2D eigenvalue weighted by atomic mass is 16.5. The molecule has 1 amide bonds. The largest absolute Gasteiger partial charge is 0.489 e. The molecule has 1 atom stereocenters. The number of hydrogen-bond donors (Lipinski definition) is 1. The van der Waals surface area contributed by atoms with E-state index in [0.29, 0.717) is 18.7 Å². The zero-order valence-corrected chi connectivity index (χ0v) is 14.9. The van der Waals surface area contributed by atoms with Crippen LogP contribution in [0.2, 0.25) is 0 Å². The van der Waals surface area contributed by atoms with E-state index in [9.17, 15) is 4.79 Å². The predicted molar refractivity (Wildman–Crippen MR) is 99.5 cm³/mol. The summed E-state index contributed by atoms with van der Waals surface area (Å²) in [5.74, 6) is 0.830. The van der Waals surface area contributed by atoms with E-state index in [-0.39, 0.29) is 17.4 Å². The molecule has 2 aromatic carbocycles. The summed E-state index contributed by atoms with van der Waals surface area (Å²) in [6.07, 6.45) is 0.844. The van der Waals surface area contributed by atoms with E-state index in [2.05, 4.69) is 13.8 Å². The number of nitrogens with two attached hydrogens (primary N) is 1. The lowest BCUT2D eigenvalue weighted by Crippen LogP contribution is -2.53. The van der Waals surface area contributed by atoms with Gasteiger partial charge in [-0.05, 0) is 41.7 Å². The van der Waals surface area contributed by atoms with Crippen LogP contribution in [0.3, 0.4) is 0 Å². The van der Waals surface area contributed by atoms with Gasteiger partial charge < -0.3 is 15.4 Å². The van der Waals surface area contributed by atoms with Gasteiger partial charge in [0.1, 0.15) is 12.4 Å². The Kier molecular flexibility index (Phi) is 5.09. The highest BCUT2D eigenvalue weighted by molar-refractivity contribution is 5.94. The predicted octanol–water partition coefficient (Wildman–Crippen LogP) is 3.47. The number of amides is 1. The average Bonchev–Trinajstić information content (AvgIpc) is 2.63. The molecule has 4 heteroatoms. The zero-order valence-electron chi connectivity index (χ0n) is 14.9. The van der Waals surface area contributed by atoms with Crippen molar-refractivity contribution in [1.82, 2.24) is 4.90 Å². The molecule has 1 heterocycles. The van der Waals surface area contributed by atoms with Gasteiger partial charge in [0.25, 0.3) is 5.91 Å². The lowest BCUT2D eigenvalue weighted by atomic mass is 9.79. The molecule has 1 unspecified atom stereocenters. The monoisotopic (exact) mass is 338 g/mol. The lowest BCUT2D eigenvalue weighted by Gasteiger charge is -2.42. The summed E-state index contributed by atoms with van der Waals surface area (Å²) in [5.41, 5.74) is 7.92. The van der Waals surface area contributed by atoms with Gasteiger partial charge >= 0.3 is 0 Å². The Balaban J connectivity index is 1.61. The van der Waals surface area contributed by atoms with E-state index in [4.69, 9.17) is 10.5 Å². The molecule has 0 bridgehead atoms. The number of carbonyl (C=O) groups is 1. The maximum absolute atomic E-state index is 12.7. The van der Waals surface area contributed by atoms with Gasteiger partial charge in [-0.2, -0.15) is 0 Å². The quantitative estimate of drug-likeness (QED) is 0.929. The molecule has 1 aliphatic rings. The maximum Gasteiger partial charge on any atom is 0.253 e. The van der Waals surface area contributed by atoms with Crippen LogP contribution in [0, 0.1) is 5.41 Å². The van der Waals surface area contributed by atoms with Crippen molar-refractivity contribution in [3.05, 3.63) is 65.7 Å². The molecule has 1 saturated heterocycles. The third-order valence-corrected chi connectivity index (χ3v) is 4.95. The smallest absolute Gasteiger partial charge is 0.253 e. The third-order valence-electron chi connectivity index (χ3n) is 4.95. The Morgan fingerprint density at radius 3 is 2.48 bits per heavy atom. The van der Waals surface area contributed by atoms with Crippen LogP contribution in [0.15, 0.2) is 54.6 Å². The molecule has 1 fully saturated rings. The summed E-state index contributed by atoms with van der Waals surface area (Å²) < 4.78 is 5.78. The summed E-state index contributed by atoms with van der Waals surface area (Å²) in [4.78, 5) is 14.6. The van der Waals surface area contributed by atoms with Crippen LogP contribution in [0.1, 0.15) is 36.2 Å². The number of piperidine rings is 1. The first-order valence-corrected chi connectivity index (χ1v) is 8.77. The Hall–Kier alpha value is -2.33. The Bertz CT molecular complexity index is 710. The van der Waals surface area contributed by atoms with Crippen LogP contribution in [0.4, 0.5) is 0 Å². The van der Waals surface area contributed by atoms with Crippen LogP contribution in [-0.2, 0) is 6.61 Å². The van der Waals surface area contributed by atoms with E-state index in [1.54, 1.807) is 0 Å². The first-order valence-electron chi connectivity index (χ1n) is 8.77. The van der Waals surface area contributed by atoms with Crippen molar-refractivity contribution in [3.63, 3.8) is 0 Å². The van der Waals surface area contributed by atoms with Crippen molar-refractivity contribution in [2.24, 2.45) is 11.1 Å². The maximum atomic E-state index is 12.7. The lowest BCUT2D eigenvalue weighted by molar-refractivity contribution is 0.0533. The molecule has 132 valence electrons. The van der Waals surface area contributed by atoms with Gasteiger partial charge in [0.15, 0.2) is 0 Å². The third kappa shape index (κ3) is 4.20. The van der Waals surface area contributed by atoms with Crippen molar-refractivity contribution in [2.45, 2.75) is 32.9 Å². The van der Waals surface area contributed by atoms with E-state index in [1.165, 1.54) is 0 Å². The molecule has 4 nitrogen and oxygen atoms in total. The van der Waals surface area contributed by atoms with E-state index in [1.807, 2.05) is 59.5 Å². The zero-order chi connectivity index (χ0) is 17.9. The van der Waals surface area contributed by atoms with Crippen LogP contribution < -0.4 is 10.5 Å². The number of rotatable bonds is 4. The summed E-state index contributed by atoms with van der Waals surface area (Å²) in [6.45, 7) is 6.18. The molecule has 0 spiro atoms. The number of likely N-dealkylation sites (tertiary alicyclic amines) is 1. The molecule has 0 radical (unpaired) electrons. The fourth-order valence-electron chi connectivity index (χ4n) is 3.16. The minimum absolute atomic E-state index is 0.0490. The number of benzene rings is 2. The molecular weight excluding hydrogens is 312 g/mol. The Morgan fingerprint density at radius 2 is 1.84 bits per heavy atom. The topological polar surface area (TPSA) is 55.6 Å². The molecule has 0 aromatic heterocycles. The SMILES string of the molecule is CC1(C)CN(C(=O)c2ccc(OCc3ccccc3)cc2)CCC1N. The van der Waals surface area contributed by atoms with Crippen molar-refractivity contribution >= 4 is 5.91 Å². The van der Waals surface area contributed by atoms with E-state index >= 15 is 0 Å². The second kappa shape index (κ2) is 7.28.